The average Bonchev–Trinajstić information content (AvgIpc) is 2.64. The largest absolute Gasteiger partial charge is 0.383 e. The van der Waals surface area contributed by atoms with E-state index < -0.39 is 0 Å². The number of rotatable bonds is 8. The molecule has 0 aromatic heterocycles. The van der Waals surface area contributed by atoms with E-state index in [-0.39, 0.29) is 0 Å². The van der Waals surface area contributed by atoms with Crippen molar-refractivity contribution in [2.24, 2.45) is 0 Å². The van der Waals surface area contributed by atoms with Crippen LogP contribution in [0.25, 0.3) is 0 Å². The highest BCUT2D eigenvalue weighted by atomic mass is 32.1. The van der Waals surface area contributed by atoms with Crippen molar-refractivity contribution in [1.29, 1.82) is 0 Å². The Morgan fingerprint density at radius 2 is 1.00 bits per heavy atom. The van der Waals surface area contributed by atoms with E-state index in [9.17, 15) is 0 Å². The van der Waals surface area contributed by atoms with Crippen molar-refractivity contribution >= 4 is 40.1 Å². The van der Waals surface area contributed by atoms with E-state index in [1.807, 2.05) is 24.3 Å². The summed E-state index contributed by atoms with van der Waals surface area (Å²) in [5.74, 6) is 0. The summed E-state index contributed by atoms with van der Waals surface area (Å²) in [6.07, 6.45) is 2.19. The van der Waals surface area contributed by atoms with Gasteiger partial charge in [-0.05, 0) is 87.4 Å². The van der Waals surface area contributed by atoms with Gasteiger partial charge in [-0.3, -0.25) is 0 Å². The smallest absolute Gasteiger partial charge is 0.175 e. The molecule has 0 aliphatic heterocycles. The van der Waals surface area contributed by atoms with Crippen molar-refractivity contribution in [3.63, 3.8) is 0 Å². The molecule has 0 radical (unpaired) electrons. The molecule has 0 amide bonds. The summed E-state index contributed by atoms with van der Waals surface area (Å²) < 4.78 is 0. The van der Waals surface area contributed by atoms with Crippen LogP contribution in [0.3, 0.4) is 0 Å². The molecule has 0 heterocycles. The molecule has 0 spiro atoms. The van der Waals surface area contributed by atoms with Gasteiger partial charge in [-0.25, -0.2) is 0 Å². The van der Waals surface area contributed by atoms with Crippen molar-refractivity contribution in [2.75, 3.05) is 21.3 Å². The minimum atomic E-state index is 0.467. The molecule has 2 aromatic carbocycles. The Morgan fingerprint density at radius 1 is 0.692 bits per heavy atom. The maximum absolute atomic E-state index is 5.41. The fourth-order valence-corrected chi connectivity index (χ4v) is 2.60. The van der Waals surface area contributed by atoms with Gasteiger partial charge in [0.1, 0.15) is 0 Å². The summed E-state index contributed by atoms with van der Waals surface area (Å²) in [6.45, 7) is 8.69. The second-order valence-corrected chi connectivity index (χ2v) is 7.05. The Bertz CT molecular complexity index is 623. The van der Waals surface area contributed by atoms with Crippen LogP contribution in [-0.4, -0.2) is 17.2 Å². The third kappa shape index (κ3) is 6.56. The Balaban J connectivity index is 1.86. The molecule has 0 saturated carbocycles. The first-order valence-electron chi connectivity index (χ1n) is 9.31. The Kier molecular flexibility index (Phi) is 7.73. The van der Waals surface area contributed by atoms with Gasteiger partial charge in [-0.15, -0.1) is 0 Å². The molecule has 2 aromatic rings. The first kappa shape index (κ1) is 20.0. The lowest BCUT2D eigenvalue weighted by molar-refractivity contribution is 0.764. The Morgan fingerprint density at radius 3 is 1.31 bits per heavy atom. The third-order valence-corrected chi connectivity index (χ3v) is 4.54. The zero-order valence-corrected chi connectivity index (χ0v) is 16.9. The van der Waals surface area contributed by atoms with Gasteiger partial charge in [0.05, 0.1) is 0 Å². The van der Waals surface area contributed by atoms with Crippen molar-refractivity contribution < 1.29 is 0 Å². The number of hydrogen-bond acceptors (Lipinski definition) is 3. The molecule has 4 nitrogen and oxygen atoms in total. The fraction of sp³-hybridized carbons (Fsp3) is 0.381. The van der Waals surface area contributed by atoms with E-state index in [2.05, 4.69) is 73.2 Å². The topological polar surface area (TPSA) is 48.1 Å². The van der Waals surface area contributed by atoms with Crippen LogP contribution >= 0.6 is 12.2 Å². The molecule has 2 atom stereocenters. The second-order valence-electron chi connectivity index (χ2n) is 6.64. The van der Waals surface area contributed by atoms with Crippen molar-refractivity contribution in [2.45, 2.75) is 52.6 Å². The van der Waals surface area contributed by atoms with E-state index in [0.29, 0.717) is 17.2 Å². The van der Waals surface area contributed by atoms with E-state index >= 15 is 0 Å². The molecule has 0 bridgehead atoms. The van der Waals surface area contributed by atoms with Gasteiger partial charge < -0.3 is 21.3 Å². The summed E-state index contributed by atoms with van der Waals surface area (Å²) in [5.41, 5.74) is 4.17. The summed E-state index contributed by atoms with van der Waals surface area (Å²) in [5, 5.41) is 13.9. The molecule has 26 heavy (non-hydrogen) atoms. The number of hydrogen-bond donors (Lipinski definition) is 4. The van der Waals surface area contributed by atoms with Crippen LogP contribution in [-0.2, 0) is 0 Å². The molecule has 0 fully saturated rings. The zero-order valence-electron chi connectivity index (χ0n) is 16.1. The minimum Gasteiger partial charge on any atom is -0.383 e. The van der Waals surface area contributed by atoms with Crippen LogP contribution < -0.4 is 21.3 Å². The Labute approximate surface area is 162 Å². The van der Waals surface area contributed by atoms with E-state index in [4.69, 9.17) is 12.2 Å². The van der Waals surface area contributed by atoms with Gasteiger partial charge in [0.15, 0.2) is 5.11 Å². The number of anilines is 4. The van der Waals surface area contributed by atoms with Gasteiger partial charge in [0.25, 0.3) is 0 Å². The third-order valence-electron chi connectivity index (χ3n) is 4.34. The predicted molar refractivity (Wildman–Crippen MR) is 119 cm³/mol. The van der Waals surface area contributed by atoms with Crippen molar-refractivity contribution in [3.05, 3.63) is 48.5 Å². The fourth-order valence-electron chi connectivity index (χ4n) is 2.37. The van der Waals surface area contributed by atoms with Crippen molar-refractivity contribution in [3.8, 4) is 0 Å². The molecular weight excluding hydrogens is 340 g/mol. The van der Waals surface area contributed by atoms with Gasteiger partial charge in [-0.1, -0.05) is 13.8 Å². The van der Waals surface area contributed by atoms with Gasteiger partial charge in [-0.2, -0.15) is 0 Å². The highest BCUT2D eigenvalue weighted by molar-refractivity contribution is 7.80. The van der Waals surface area contributed by atoms with E-state index in [0.717, 1.165) is 35.6 Å². The lowest BCUT2D eigenvalue weighted by atomic mass is 10.2. The molecule has 140 valence electrons. The van der Waals surface area contributed by atoms with Crippen molar-refractivity contribution in [1.82, 2.24) is 0 Å². The molecule has 0 aliphatic rings. The van der Waals surface area contributed by atoms with Gasteiger partial charge >= 0.3 is 0 Å². The van der Waals surface area contributed by atoms with Crippen LogP contribution in [0.15, 0.2) is 48.5 Å². The van der Waals surface area contributed by atoms with Gasteiger partial charge in [0, 0.05) is 34.8 Å². The number of nitrogens with one attached hydrogen (secondary N) is 4. The maximum atomic E-state index is 5.41. The number of benzene rings is 2. The van der Waals surface area contributed by atoms with Crippen LogP contribution in [0, 0.1) is 0 Å². The van der Waals surface area contributed by atoms with Crippen LogP contribution in [0.1, 0.15) is 40.5 Å². The molecule has 2 rings (SSSR count). The van der Waals surface area contributed by atoms with E-state index in [1.54, 1.807) is 0 Å². The summed E-state index contributed by atoms with van der Waals surface area (Å²) >= 11 is 5.41. The Hall–Kier alpha value is -2.27. The van der Waals surface area contributed by atoms with Crippen LogP contribution in [0.4, 0.5) is 22.7 Å². The molecule has 4 N–H and O–H groups in total. The first-order chi connectivity index (χ1) is 12.5. The summed E-state index contributed by atoms with van der Waals surface area (Å²) in [4.78, 5) is 0. The van der Waals surface area contributed by atoms with E-state index in [1.165, 1.54) is 0 Å². The zero-order chi connectivity index (χ0) is 18.9. The minimum absolute atomic E-state index is 0.467. The molecular formula is C21H30N4S. The predicted octanol–water partition coefficient (Wildman–Crippen LogP) is 5.92. The van der Waals surface area contributed by atoms with Gasteiger partial charge in [0.2, 0.25) is 0 Å². The monoisotopic (exact) mass is 370 g/mol. The second kappa shape index (κ2) is 10.0. The highest BCUT2D eigenvalue weighted by Gasteiger charge is 2.03. The van der Waals surface area contributed by atoms with Crippen LogP contribution in [0.5, 0.6) is 0 Å². The summed E-state index contributed by atoms with van der Waals surface area (Å²) in [6, 6.07) is 17.3. The lowest BCUT2D eigenvalue weighted by Crippen LogP contribution is -2.19. The van der Waals surface area contributed by atoms with Crippen LogP contribution in [0.2, 0.25) is 0 Å². The molecule has 0 saturated heterocycles. The molecule has 0 aliphatic carbocycles. The summed E-state index contributed by atoms with van der Waals surface area (Å²) in [7, 11) is 0. The molecule has 0 unspecified atom stereocenters. The number of thiocarbonyl (C=S) groups is 1. The normalized spacial score (nSPS) is 12.8. The highest BCUT2D eigenvalue weighted by Crippen LogP contribution is 2.17. The first-order valence-corrected chi connectivity index (χ1v) is 9.72. The molecule has 5 heteroatoms. The average molecular weight is 371 g/mol. The SMILES string of the molecule is CC[C@@H](C)Nc1ccc(NC(=S)Nc2ccc(N[C@H](C)CC)cc2)cc1. The maximum Gasteiger partial charge on any atom is 0.175 e. The lowest BCUT2D eigenvalue weighted by Gasteiger charge is -2.15. The quantitative estimate of drug-likeness (QED) is 0.435. The standard InChI is InChI=1S/C21H30N4S/c1-5-15(3)22-17-7-11-19(12-8-17)24-21(26)25-20-13-9-18(10-14-20)23-16(4)6-2/h7-16,22-23H,5-6H2,1-4H3,(H2,24,25,26)/t15-,16-/m1/s1.